The third kappa shape index (κ3) is 2.50. The Bertz CT molecular complexity index is 1070. The van der Waals surface area contributed by atoms with Gasteiger partial charge in [0.25, 0.3) is 0 Å². The van der Waals surface area contributed by atoms with Crippen molar-refractivity contribution in [3.8, 4) is 11.8 Å². The number of halogens is 3. The van der Waals surface area contributed by atoms with Crippen molar-refractivity contribution in [1.82, 2.24) is 0 Å². The summed E-state index contributed by atoms with van der Waals surface area (Å²) >= 11 is 1.45. The number of nitrogens with two attached hydrogens (primary N) is 1. The Morgan fingerprint density at radius 1 is 1.08 bits per heavy atom. The van der Waals surface area contributed by atoms with Crippen LogP contribution in [0.3, 0.4) is 0 Å². The molecule has 26 heavy (non-hydrogen) atoms. The number of nitriles is 1. The molecule has 3 aromatic rings. The number of thiophene rings is 1. The molecule has 0 radical (unpaired) electrons. The lowest BCUT2D eigenvalue weighted by Crippen LogP contribution is -2.19. The number of rotatable bonds is 1. The van der Waals surface area contributed by atoms with Crippen molar-refractivity contribution in [2.24, 2.45) is 5.73 Å². The van der Waals surface area contributed by atoms with E-state index < -0.39 is 17.7 Å². The summed E-state index contributed by atoms with van der Waals surface area (Å²) < 4.78 is 45.2. The first-order valence-corrected chi connectivity index (χ1v) is 8.48. The predicted octanol–water partition coefficient (Wildman–Crippen LogP) is 5.14. The fourth-order valence-corrected chi connectivity index (χ4v) is 4.35. The van der Waals surface area contributed by atoms with E-state index in [0.717, 1.165) is 27.1 Å². The molecule has 0 fully saturated rings. The normalized spacial score (nSPS) is 16.9. The molecule has 2 aromatic carbocycles. The molecule has 1 aliphatic rings. The zero-order valence-corrected chi connectivity index (χ0v) is 14.0. The van der Waals surface area contributed by atoms with Crippen molar-refractivity contribution in [2.75, 3.05) is 0 Å². The Labute approximate surface area is 150 Å². The van der Waals surface area contributed by atoms with Gasteiger partial charge in [-0.05, 0) is 29.8 Å². The number of nitrogens with zero attached hydrogens (tertiary/aromatic N) is 1. The maximum Gasteiger partial charge on any atom is 0.416 e. The Kier molecular flexibility index (Phi) is 3.67. The van der Waals surface area contributed by atoms with Gasteiger partial charge in [0, 0.05) is 10.1 Å². The Morgan fingerprint density at radius 3 is 2.42 bits per heavy atom. The van der Waals surface area contributed by atoms with E-state index in [9.17, 15) is 18.4 Å². The van der Waals surface area contributed by atoms with E-state index in [2.05, 4.69) is 0 Å². The third-order valence-electron chi connectivity index (χ3n) is 4.30. The van der Waals surface area contributed by atoms with E-state index in [1.54, 1.807) is 0 Å². The molecule has 0 saturated heterocycles. The molecule has 0 bridgehead atoms. The second-order valence-corrected chi connectivity index (χ2v) is 6.92. The van der Waals surface area contributed by atoms with E-state index in [4.69, 9.17) is 10.5 Å². The van der Waals surface area contributed by atoms with E-state index in [0.29, 0.717) is 11.3 Å². The Hall–Kier alpha value is -2.98. The minimum atomic E-state index is -4.41. The molecule has 0 aliphatic carbocycles. The van der Waals surface area contributed by atoms with Gasteiger partial charge >= 0.3 is 6.18 Å². The van der Waals surface area contributed by atoms with Crippen molar-refractivity contribution in [2.45, 2.75) is 12.1 Å². The van der Waals surface area contributed by atoms with Crippen LogP contribution in [0.4, 0.5) is 13.2 Å². The van der Waals surface area contributed by atoms with E-state index in [1.807, 2.05) is 30.3 Å². The largest absolute Gasteiger partial charge is 0.439 e. The van der Waals surface area contributed by atoms with Crippen LogP contribution in [-0.4, -0.2) is 0 Å². The van der Waals surface area contributed by atoms with Crippen molar-refractivity contribution < 1.29 is 17.9 Å². The highest BCUT2D eigenvalue weighted by Gasteiger charge is 2.35. The predicted molar refractivity (Wildman–Crippen MR) is 92.6 cm³/mol. The lowest BCUT2D eigenvalue weighted by molar-refractivity contribution is -0.137. The molecule has 0 amide bonds. The standard InChI is InChI=1S/C19H11F3N2OS/c20-19(21,22)11-7-5-10(6-8-11)15-13(9-23)18(24)25-16-12-3-1-2-4-14(12)26-17(15)16/h1-8,15H,24H2/t15-/m0/s1. The average molecular weight is 372 g/mol. The highest BCUT2D eigenvalue weighted by Crippen LogP contribution is 2.50. The monoisotopic (exact) mass is 372 g/mol. The number of ether oxygens (including phenoxy) is 1. The van der Waals surface area contributed by atoms with E-state index >= 15 is 0 Å². The molecule has 2 heterocycles. The first kappa shape index (κ1) is 16.5. The highest BCUT2D eigenvalue weighted by molar-refractivity contribution is 7.19. The molecule has 0 saturated carbocycles. The zero-order chi connectivity index (χ0) is 18.5. The summed E-state index contributed by atoms with van der Waals surface area (Å²) in [5.74, 6) is -0.0103. The van der Waals surface area contributed by atoms with Gasteiger partial charge in [-0.3, -0.25) is 0 Å². The number of allylic oxidation sites excluding steroid dienone is 1. The molecule has 0 unspecified atom stereocenters. The second-order valence-electron chi connectivity index (χ2n) is 5.84. The van der Waals surface area contributed by atoms with Gasteiger partial charge in [0.2, 0.25) is 5.88 Å². The number of alkyl halides is 3. The van der Waals surface area contributed by atoms with Crippen LogP contribution in [0.1, 0.15) is 21.9 Å². The number of fused-ring (bicyclic) bond motifs is 3. The molecule has 3 nitrogen and oxygen atoms in total. The number of hydrogen-bond acceptors (Lipinski definition) is 4. The highest BCUT2D eigenvalue weighted by atomic mass is 32.1. The second kappa shape index (κ2) is 5.78. The van der Waals surface area contributed by atoms with Crippen LogP contribution < -0.4 is 10.5 Å². The van der Waals surface area contributed by atoms with Crippen LogP contribution >= 0.6 is 11.3 Å². The molecule has 2 N–H and O–H groups in total. The first-order valence-electron chi connectivity index (χ1n) is 7.66. The summed E-state index contributed by atoms with van der Waals surface area (Å²) in [6.07, 6.45) is -4.41. The van der Waals surface area contributed by atoms with Crippen LogP contribution in [0.25, 0.3) is 10.1 Å². The van der Waals surface area contributed by atoms with Gasteiger partial charge in [0.15, 0.2) is 5.75 Å². The molecule has 1 atom stereocenters. The topological polar surface area (TPSA) is 59.0 Å². The van der Waals surface area contributed by atoms with Crippen LogP contribution in [0.2, 0.25) is 0 Å². The van der Waals surface area contributed by atoms with Crippen molar-refractivity contribution >= 4 is 21.4 Å². The van der Waals surface area contributed by atoms with Gasteiger partial charge in [-0.2, -0.15) is 18.4 Å². The smallest absolute Gasteiger partial charge is 0.416 e. The maximum absolute atomic E-state index is 12.8. The SMILES string of the molecule is N#CC1=C(N)Oc2c(sc3ccccc23)[C@H]1c1ccc(C(F)(F)F)cc1. The van der Waals surface area contributed by atoms with Gasteiger partial charge in [0.05, 0.1) is 16.4 Å². The molecule has 4 rings (SSSR count). The minimum Gasteiger partial charge on any atom is -0.439 e. The fraction of sp³-hybridized carbons (Fsp3) is 0.105. The molecular formula is C19H11F3N2OS. The summed E-state index contributed by atoms with van der Waals surface area (Å²) in [5, 5.41) is 10.4. The van der Waals surface area contributed by atoms with Crippen LogP contribution in [0.5, 0.6) is 5.75 Å². The molecule has 7 heteroatoms. The fourth-order valence-electron chi connectivity index (χ4n) is 3.08. The Balaban J connectivity index is 1.90. The number of hydrogen-bond donors (Lipinski definition) is 1. The third-order valence-corrected chi connectivity index (χ3v) is 5.51. The lowest BCUT2D eigenvalue weighted by Gasteiger charge is -2.24. The van der Waals surface area contributed by atoms with Crippen LogP contribution in [0.15, 0.2) is 60.0 Å². The number of benzene rings is 2. The quantitative estimate of drug-likeness (QED) is 0.644. The molecule has 1 aromatic heterocycles. The summed E-state index contributed by atoms with van der Waals surface area (Å²) in [5.41, 5.74) is 5.97. The maximum atomic E-state index is 12.8. The summed E-state index contributed by atoms with van der Waals surface area (Å²) in [6, 6.07) is 14.4. The lowest BCUT2D eigenvalue weighted by atomic mass is 9.88. The van der Waals surface area contributed by atoms with E-state index in [-0.39, 0.29) is 11.5 Å². The van der Waals surface area contributed by atoms with Gasteiger partial charge in [-0.1, -0.05) is 24.3 Å². The van der Waals surface area contributed by atoms with Crippen molar-refractivity contribution in [1.29, 1.82) is 5.26 Å². The first-order chi connectivity index (χ1) is 12.4. The molecule has 1 aliphatic heterocycles. The molecular weight excluding hydrogens is 361 g/mol. The zero-order valence-electron chi connectivity index (χ0n) is 13.2. The van der Waals surface area contributed by atoms with Crippen molar-refractivity contribution in [3.05, 3.63) is 76.0 Å². The summed E-state index contributed by atoms with van der Waals surface area (Å²) in [7, 11) is 0. The Morgan fingerprint density at radius 2 is 1.77 bits per heavy atom. The van der Waals surface area contributed by atoms with E-state index in [1.165, 1.54) is 23.5 Å². The average Bonchev–Trinajstić information content (AvgIpc) is 2.98. The van der Waals surface area contributed by atoms with Gasteiger partial charge in [-0.15, -0.1) is 11.3 Å². The molecule has 130 valence electrons. The van der Waals surface area contributed by atoms with Crippen molar-refractivity contribution in [3.63, 3.8) is 0 Å². The minimum absolute atomic E-state index is 0.0200. The van der Waals surface area contributed by atoms with Crippen LogP contribution in [0, 0.1) is 11.3 Å². The van der Waals surface area contributed by atoms with Gasteiger partial charge in [-0.25, -0.2) is 0 Å². The van der Waals surface area contributed by atoms with Gasteiger partial charge in [0.1, 0.15) is 11.6 Å². The summed E-state index contributed by atoms with van der Waals surface area (Å²) in [6.45, 7) is 0. The van der Waals surface area contributed by atoms with Crippen LogP contribution in [-0.2, 0) is 6.18 Å². The summed E-state index contributed by atoms with van der Waals surface area (Å²) in [4.78, 5) is 0.761. The van der Waals surface area contributed by atoms with Gasteiger partial charge < -0.3 is 10.5 Å². The molecule has 0 spiro atoms.